The maximum absolute atomic E-state index is 8.93. The van der Waals surface area contributed by atoms with Crippen LogP contribution in [0, 0.1) is 17.2 Å². The Morgan fingerprint density at radius 2 is 1.79 bits per heavy atom. The van der Waals surface area contributed by atoms with Crippen molar-refractivity contribution in [1.29, 1.82) is 5.26 Å². The summed E-state index contributed by atoms with van der Waals surface area (Å²) in [5, 5.41) is 8.93. The average molecular weight is 255 g/mol. The van der Waals surface area contributed by atoms with Gasteiger partial charge in [-0.1, -0.05) is 51.5 Å². The Labute approximate surface area is 117 Å². The van der Waals surface area contributed by atoms with Gasteiger partial charge in [-0.15, -0.1) is 0 Å². The summed E-state index contributed by atoms with van der Waals surface area (Å²) in [6.45, 7) is 2.27. The van der Waals surface area contributed by atoms with Crippen molar-refractivity contribution >= 4 is 0 Å². The summed E-state index contributed by atoms with van der Waals surface area (Å²) in [7, 11) is 0. The fourth-order valence-electron chi connectivity index (χ4n) is 3.20. The lowest BCUT2D eigenvalue weighted by molar-refractivity contribution is 0.469. The maximum atomic E-state index is 8.93. The number of fused-ring (bicyclic) bond motifs is 1. The molecule has 1 aromatic carbocycles. The number of hydrogen-bond acceptors (Lipinski definition) is 1. The topological polar surface area (TPSA) is 23.8 Å². The van der Waals surface area contributed by atoms with Crippen LogP contribution >= 0.6 is 0 Å². The van der Waals surface area contributed by atoms with Crippen LogP contribution in [-0.4, -0.2) is 0 Å². The van der Waals surface area contributed by atoms with Gasteiger partial charge in [0.05, 0.1) is 11.6 Å². The first-order chi connectivity index (χ1) is 9.33. The summed E-state index contributed by atoms with van der Waals surface area (Å²) in [4.78, 5) is 0. The minimum Gasteiger partial charge on any atom is -0.192 e. The highest BCUT2D eigenvalue weighted by molar-refractivity contribution is 5.40. The Morgan fingerprint density at radius 3 is 2.58 bits per heavy atom. The summed E-state index contributed by atoms with van der Waals surface area (Å²) in [5.74, 6) is 0.829. The second-order valence-electron chi connectivity index (χ2n) is 5.93. The van der Waals surface area contributed by atoms with Crippen LogP contribution in [0.2, 0.25) is 0 Å². The summed E-state index contributed by atoms with van der Waals surface area (Å²) in [6.07, 6.45) is 12.1. The molecule has 1 unspecified atom stereocenters. The molecule has 0 fully saturated rings. The monoisotopic (exact) mass is 255 g/mol. The molecule has 0 heterocycles. The van der Waals surface area contributed by atoms with Crippen LogP contribution in [0.5, 0.6) is 0 Å². The molecule has 102 valence electrons. The third-order valence-electron chi connectivity index (χ3n) is 4.32. The van der Waals surface area contributed by atoms with E-state index in [4.69, 9.17) is 5.26 Å². The van der Waals surface area contributed by atoms with Gasteiger partial charge in [0.2, 0.25) is 0 Å². The van der Waals surface area contributed by atoms with Crippen molar-refractivity contribution < 1.29 is 0 Å². The van der Waals surface area contributed by atoms with Crippen molar-refractivity contribution in [3.63, 3.8) is 0 Å². The van der Waals surface area contributed by atoms with Gasteiger partial charge in [-0.05, 0) is 48.4 Å². The van der Waals surface area contributed by atoms with Crippen LogP contribution in [0.1, 0.15) is 68.6 Å². The Balaban J connectivity index is 1.70. The molecular formula is C18H25N. The van der Waals surface area contributed by atoms with E-state index in [1.807, 2.05) is 6.07 Å². The fourth-order valence-corrected chi connectivity index (χ4v) is 3.20. The minimum atomic E-state index is 0.818. The summed E-state index contributed by atoms with van der Waals surface area (Å²) >= 11 is 0. The lowest BCUT2D eigenvalue weighted by Gasteiger charge is -2.08. The van der Waals surface area contributed by atoms with Gasteiger partial charge >= 0.3 is 0 Å². The number of rotatable bonds is 7. The van der Waals surface area contributed by atoms with Crippen molar-refractivity contribution in [2.75, 3.05) is 0 Å². The zero-order chi connectivity index (χ0) is 13.5. The first kappa shape index (κ1) is 14.1. The van der Waals surface area contributed by atoms with E-state index in [2.05, 4.69) is 25.1 Å². The van der Waals surface area contributed by atoms with Crippen LogP contribution in [0.15, 0.2) is 18.2 Å². The summed E-state index contributed by atoms with van der Waals surface area (Å²) in [6, 6.07) is 8.46. The smallest absolute Gasteiger partial charge is 0.0991 e. The van der Waals surface area contributed by atoms with Gasteiger partial charge in [0.15, 0.2) is 0 Å². The zero-order valence-corrected chi connectivity index (χ0v) is 12.1. The second-order valence-corrected chi connectivity index (χ2v) is 5.93. The van der Waals surface area contributed by atoms with Gasteiger partial charge in [-0.2, -0.15) is 5.26 Å². The third-order valence-corrected chi connectivity index (χ3v) is 4.32. The van der Waals surface area contributed by atoms with E-state index in [1.54, 1.807) is 0 Å². The molecule has 1 atom stereocenters. The first-order valence-corrected chi connectivity index (χ1v) is 7.85. The Bertz CT molecular complexity index is 441. The molecule has 0 spiro atoms. The van der Waals surface area contributed by atoms with E-state index in [0.29, 0.717) is 0 Å². The maximum Gasteiger partial charge on any atom is 0.0991 e. The van der Waals surface area contributed by atoms with E-state index in [-0.39, 0.29) is 0 Å². The van der Waals surface area contributed by atoms with Crippen molar-refractivity contribution in [2.45, 2.75) is 64.7 Å². The van der Waals surface area contributed by atoms with Crippen LogP contribution < -0.4 is 0 Å². The third kappa shape index (κ3) is 4.10. The normalized spacial score (nSPS) is 17.2. The van der Waals surface area contributed by atoms with Crippen LogP contribution in [0.4, 0.5) is 0 Å². The number of hydrogen-bond donors (Lipinski definition) is 0. The number of nitriles is 1. The Kier molecular flexibility index (Phi) is 5.45. The minimum absolute atomic E-state index is 0.818. The molecule has 1 nitrogen and oxygen atoms in total. The molecule has 2 rings (SSSR count). The lowest BCUT2D eigenvalue weighted by atomic mass is 9.97. The average Bonchev–Trinajstić information content (AvgIpc) is 2.84. The van der Waals surface area contributed by atoms with Crippen LogP contribution in [0.3, 0.4) is 0 Å². The highest BCUT2D eigenvalue weighted by atomic mass is 14.3. The number of benzene rings is 1. The Hall–Kier alpha value is -1.29. The zero-order valence-electron chi connectivity index (χ0n) is 12.1. The predicted molar refractivity (Wildman–Crippen MR) is 80.0 cm³/mol. The lowest BCUT2D eigenvalue weighted by Crippen LogP contribution is -1.99. The van der Waals surface area contributed by atoms with Crippen molar-refractivity contribution in [3.8, 4) is 6.07 Å². The SMILES string of the molecule is CCCCCCCCC1Cc2ccc(C#N)cc2C1. The van der Waals surface area contributed by atoms with Gasteiger partial charge in [0.1, 0.15) is 0 Å². The second kappa shape index (κ2) is 7.34. The van der Waals surface area contributed by atoms with E-state index >= 15 is 0 Å². The van der Waals surface area contributed by atoms with Crippen molar-refractivity contribution in [3.05, 3.63) is 34.9 Å². The summed E-state index contributed by atoms with van der Waals surface area (Å²) < 4.78 is 0. The molecule has 0 saturated heterocycles. The van der Waals surface area contributed by atoms with E-state index < -0.39 is 0 Å². The molecule has 19 heavy (non-hydrogen) atoms. The molecule has 0 amide bonds. The molecule has 0 aromatic heterocycles. The van der Waals surface area contributed by atoms with Gasteiger partial charge in [0.25, 0.3) is 0 Å². The number of nitrogens with zero attached hydrogens (tertiary/aromatic N) is 1. The molecule has 0 saturated carbocycles. The van der Waals surface area contributed by atoms with Gasteiger partial charge in [-0.3, -0.25) is 0 Å². The highest BCUT2D eigenvalue weighted by Crippen LogP contribution is 2.30. The quantitative estimate of drug-likeness (QED) is 0.627. The molecule has 0 aliphatic heterocycles. The van der Waals surface area contributed by atoms with Crippen molar-refractivity contribution in [2.24, 2.45) is 5.92 Å². The molecule has 1 aromatic rings. The van der Waals surface area contributed by atoms with Gasteiger partial charge in [-0.25, -0.2) is 0 Å². The Morgan fingerprint density at radius 1 is 1.05 bits per heavy atom. The predicted octanol–water partition coefficient (Wildman–Crippen LogP) is 5.02. The number of unbranched alkanes of at least 4 members (excludes halogenated alkanes) is 5. The molecule has 1 heteroatoms. The van der Waals surface area contributed by atoms with Gasteiger partial charge < -0.3 is 0 Å². The fraction of sp³-hybridized carbons (Fsp3) is 0.611. The first-order valence-electron chi connectivity index (χ1n) is 7.85. The van der Waals surface area contributed by atoms with E-state index in [1.165, 1.54) is 68.9 Å². The standard InChI is InChI=1S/C18H25N/c1-2-3-4-5-6-7-8-15-11-17-10-9-16(14-19)13-18(17)12-15/h9-10,13,15H,2-8,11-12H2,1H3. The van der Waals surface area contributed by atoms with Crippen molar-refractivity contribution in [1.82, 2.24) is 0 Å². The molecule has 1 aliphatic rings. The largest absolute Gasteiger partial charge is 0.192 e. The van der Waals surface area contributed by atoms with Crippen LogP contribution in [0.25, 0.3) is 0 Å². The molecule has 1 aliphatic carbocycles. The van der Waals surface area contributed by atoms with Crippen LogP contribution in [-0.2, 0) is 12.8 Å². The van der Waals surface area contributed by atoms with Gasteiger partial charge in [0, 0.05) is 0 Å². The molecular weight excluding hydrogens is 230 g/mol. The van der Waals surface area contributed by atoms with E-state index in [0.717, 1.165) is 11.5 Å². The highest BCUT2D eigenvalue weighted by Gasteiger charge is 2.20. The molecule has 0 N–H and O–H groups in total. The van der Waals surface area contributed by atoms with E-state index in [9.17, 15) is 0 Å². The summed E-state index contributed by atoms with van der Waals surface area (Å²) in [5.41, 5.74) is 3.73. The molecule has 0 bridgehead atoms. The molecule has 0 radical (unpaired) electrons.